The van der Waals surface area contributed by atoms with Crippen LogP contribution in [-0.2, 0) is 9.53 Å². The fraction of sp³-hybridized carbons (Fsp3) is 0.529. The molecule has 3 amide bonds. The highest BCUT2D eigenvalue weighted by Crippen LogP contribution is 2.40. The van der Waals surface area contributed by atoms with Gasteiger partial charge in [-0.25, -0.2) is 4.79 Å². The van der Waals surface area contributed by atoms with E-state index in [1.54, 1.807) is 19.1 Å². The van der Waals surface area contributed by atoms with Gasteiger partial charge < -0.3 is 14.4 Å². The Morgan fingerprint density at radius 3 is 2.79 bits per heavy atom. The molecule has 2 saturated heterocycles. The lowest BCUT2D eigenvalue weighted by molar-refractivity contribution is -0.131. The number of ether oxygens (including phenoxy) is 2. The zero-order chi connectivity index (χ0) is 17.1. The van der Waals surface area contributed by atoms with Crippen molar-refractivity contribution in [1.82, 2.24) is 15.5 Å². The first kappa shape index (κ1) is 16.7. The van der Waals surface area contributed by atoms with E-state index in [1.807, 2.05) is 24.3 Å². The highest BCUT2D eigenvalue weighted by Gasteiger charge is 2.47. The largest absolute Gasteiger partial charge is 0.496 e. The monoisotopic (exact) mass is 333 g/mol. The molecule has 1 aromatic carbocycles. The highest BCUT2D eigenvalue weighted by atomic mass is 16.5. The molecular weight excluding hydrogens is 310 g/mol. The lowest BCUT2D eigenvalue weighted by Crippen LogP contribution is -2.68. The van der Waals surface area contributed by atoms with Gasteiger partial charge in [-0.2, -0.15) is 0 Å². The molecule has 3 unspecified atom stereocenters. The normalized spacial score (nSPS) is 26.8. The number of nitrogens with one attached hydrogen (secondary N) is 2. The average molecular weight is 333 g/mol. The van der Waals surface area contributed by atoms with Crippen molar-refractivity contribution in [2.24, 2.45) is 5.92 Å². The Morgan fingerprint density at radius 2 is 2.04 bits per heavy atom. The molecule has 2 aliphatic rings. The maximum absolute atomic E-state index is 12.6. The molecule has 3 rings (SSSR count). The molecule has 0 aromatic heterocycles. The summed E-state index contributed by atoms with van der Waals surface area (Å²) in [6, 6.07) is 7.39. The molecule has 2 heterocycles. The molecule has 2 N–H and O–H groups in total. The third-order valence-electron chi connectivity index (χ3n) is 4.79. The Balaban J connectivity index is 1.93. The van der Waals surface area contributed by atoms with E-state index < -0.39 is 0 Å². The van der Waals surface area contributed by atoms with Crippen LogP contribution in [0.15, 0.2) is 24.3 Å². The molecule has 2 aliphatic heterocycles. The van der Waals surface area contributed by atoms with Gasteiger partial charge in [-0.3, -0.25) is 15.4 Å². The Kier molecular flexibility index (Phi) is 5.01. The van der Waals surface area contributed by atoms with Gasteiger partial charge in [0.25, 0.3) is 0 Å². The first-order chi connectivity index (χ1) is 11.7. The number of imide groups is 1. The molecule has 0 bridgehead atoms. The van der Waals surface area contributed by atoms with E-state index in [1.165, 1.54) is 0 Å². The molecule has 1 aromatic rings. The van der Waals surface area contributed by atoms with E-state index in [9.17, 15) is 9.59 Å². The minimum atomic E-state index is -0.369. The number of fused-ring (bicyclic) bond motifs is 1. The van der Waals surface area contributed by atoms with Crippen LogP contribution in [0.5, 0.6) is 5.75 Å². The van der Waals surface area contributed by atoms with Crippen LogP contribution in [0.4, 0.5) is 4.79 Å². The van der Waals surface area contributed by atoms with Crippen LogP contribution in [0, 0.1) is 5.92 Å². The van der Waals surface area contributed by atoms with Crippen molar-refractivity contribution in [1.29, 1.82) is 0 Å². The van der Waals surface area contributed by atoms with Crippen molar-refractivity contribution in [2.45, 2.75) is 18.5 Å². The maximum atomic E-state index is 12.6. The first-order valence-corrected chi connectivity index (χ1v) is 8.14. The quantitative estimate of drug-likeness (QED) is 0.837. The van der Waals surface area contributed by atoms with Crippen molar-refractivity contribution in [2.75, 3.05) is 33.9 Å². The summed E-state index contributed by atoms with van der Waals surface area (Å²) in [5.41, 5.74) is 1.01. The van der Waals surface area contributed by atoms with Crippen LogP contribution in [-0.4, -0.2) is 56.9 Å². The Labute approximate surface area is 141 Å². The molecule has 0 spiro atoms. The first-order valence-electron chi connectivity index (χ1n) is 8.14. The number of benzene rings is 1. The van der Waals surface area contributed by atoms with Gasteiger partial charge in [0.15, 0.2) is 0 Å². The van der Waals surface area contributed by atoms with Gasteiger partial charge in [0.2, 0.25) is 5.91 Å². The third kappa shape index (κ3) is 2.97. The second kappa shape index (κ2) is 7.19. The van der Waals surface area contributed by atoms with E-state index in [0.29, 0.717) is 13.2 Å². The number of methoxy groups -OCH3 is 2. The van der Waals surface area contributed by atoms with Crippen molar-refractivity contribution < 1.29 is 19.1 Å². The average Bonchev–Trinajstić information content (AvgIpc) is 2.61. The molecule has 3 atom stereocenters. The van der Waals surface area contributed by atoms with E-state index in [0.717, 1.165) is 24.3 Å². The smallest absolute Gasteiger partial charge is 0.325 e. The number of rotatable bonds is 5. The second-order valence-corrected chi connectivity index (χ2v) is 6.04. The second-order valence-electron chi connectivity index (χ2n) is 6.04. The Hall–Kier alpha value is -2.12. The van der Waals surface area contributed by atoms with Crippen LogP contribution < -0.4 is 15.4 Å². The number of carbonyl (C=O) groups excluding carboxylic acids is 2. The fourth-order valence-corrected chi connectivity index (χ4v) is 3.68. The van der Waals surface area contributed by atoms with Crippen LogP contribution in [0.2, 0.25) is 0 Å². The molecule has 7 nitrogen and oxygen atoms in total. The van der Waals surface area contributed by atoms with Crippen LogP contribution in [0.1, 0.15) is 17.9 Å². The summed E-state index contributed by atoms with van der Waals surface area (Å²) < 4.78 is 10.6. The van der Waals surface area contributed by atoms with Gasteiger partial charge in [0, 0.05) is 19.6 Å². The van der Waals surface area contributed by atoms with Gasteiger partial charge in [0.05, 0.1) is 25.8 Å². The molecule has 2 fully saturated rings. The summed E-state index contributed by atoms with van der Waals surface area (Å²) in [5, 5.41) is 5.81. The molecule has 7 heteroatoms. The Morgan fingerprint density at radius 1 is 1.25 bits per heavy atom. The van der Waals surface area contributed by atoms with E-state index >= 15 is 0 Å². The summed E-state index contributed by atoms with van der Waals surface area (Å²) in [5.74, 6) is 0.174. The summed E-state index contributed by atoms with van der Waals surface area (Å²) in [6.45, 7) is 1.59. The number of nitrogens with zero attached hydrogens (tertiary/aromatic N) is 1. The van der Waals surface area contributed by atoms with E-state index in [4.69, 9.17) is 9.47 Å². The number of hydrogen-bond acceptors (Lipinski definition) is 5. The summed E-state index contributed by atoms with van der Waals surface area (Å²) in [4.78, 5) is 26.4. The number of piperidine rings is 1. The summed E-state index contributed by atoms with van der Waals surface area (Å²) in [6.07, 6.45) is 0.478. The number of carbonyl (C=O) groups is 2. The van der Waals surface area contributed by atoms with Gasteiger partial charge in [-0.1, -0.05) is 18.2 Å². The van der Waals surface area contributed by atoms with Crippen molar-refractivity contribution in [3.63, 3.8) is 0 Å². The lowest BCUT2D eigenvalue weighted by Gasteiger charge is -2.46. The standard InChI is InChI=1S/C17H23N3O4/c1-23-10-9-20-15-14(16(21)19-17(20)22)12(7-8-18-15)11-5-3-4-6-13(11)24-2/h3-6,12,14-15,18H,7-10H2,1-2H3,(H,19,21,22). The number of hydrogen-bond donors (Lipinski definition) is 2. The minimum absolute atomic E-state index is 0.00875. The van der Waals surface area contributed by atoms with Crippen molar-refractivity contribution >= 4 is 11.9 Å². The van der Waals surface area contributed by atoms with E-state index in [2.05, 4.69) is 10.6 Å². The predicted octanol–water partition coefficient (Wildman–Crippen LogP) is 0.913. The SMILES string of the molecule is COCCN1C(=O)NC(=O)C2C(c3ccccc3OC)CCNC21. The lowest BCUT2D eigenvalue weighted by atomic mass is 9.77. The predicted molar refractivity (Wildman–Crippen MR) is 87.8 cm³/mol. The summed E-state index contributed by atoms with van der Waals surface area (Å²) in [7, 11) is 3.23. The number of para-hydroxylation sites is 1. The van der Waals surface area contributed by atoms with Gasteiger partial charge in [-0.05, 0) is 24.6 Å². The molecule has 0 radical (unpaired) electrons. The van der Waals surface area contributed by atoms with Crippen LogP contribution in [0.25, 0.3) is 0 Å². The molecule has 130 valence electrons. The van der Waals surface area contributed by atoms with Crippen LogP contribution in [0.3, 0.4) is 0 Å². The topological polar surface area (TPSA) is 79.9 Å². The third-order valence-corrected chi connectivity index (χ3v) is 4.79. The number of amides is 3. The zero-order valence-corrected chi connectivity index (χ0v) is 14.0. The van der Waals surface area contributed by atoms with E-state index in [-0.39, 0.29) is 29.9 Å². The summed E-state index contributed by atoms with van der Waals surface area (Å²) >= 11 is 0. The van der Waals surface area contributed by atoms with Gasteiger partial charge >= 0.3 is 6.03 Å². The van der Waals surface area contributed by atoms with Crippen LogP contribution >= 0.6 is 0 Å². The molecule has 0 aliphatic carbocycles. The fourth-order valence-electron chi connectivity index (χ4n) is 3.68. The Bertz CT molecular complexity index is 622. The number of urea groups is 1. The molecule has 24 heavy (non-hydrogen) atoms. The van der Waals surface area contributed by atoms with Crippen molar-refractivity contribution in [3.05, 3.63) is 29.8 Å². The van der Waals surface area contributed by atoms with Crippen molar-refractivity contribution in [3.8, 4) is 5.75 Å². The zero-order valence-electron chi connectivity index (χ0n) is 14.0. The van der Waals surface area contributed by atoms with Gasteiger partial charge in [0.1, 0.15) is 5.75 Å². The van der Waals surface area contributed by atoms with Gasteiger partial charge in [-0.15, -0.1) is 0 Å². The molecular formula is C17H23N3O4. The highest BCUT2D eigenvalue weighted by molar-refractivity contribution is 5.99. The maximum Gasteiger partial charge on any atom is 0.325 e. The minimum Gasteiger partial charge on any atom is -0.496 e. The molecule has 0 saturated carbocycles.